The van der Waals surface area contributed by atoms with Gasteiger partial charge in [-0.2, -0.15) is 13.2 Å². The summed E-state index contributed by atoms with van der Waals surface area (Å²) in [4.78, 5) is 40.8. The maximum Gasteiger partial charge on any atom is 0.490 e. The van der Waals surface area contributed by atoms with E-state index in [1.54, 1.807) is 19.1 Å². The summed E-state index contributed by atoms with van der Waals surface area (Å²) < 4.78 is 37.3. The number of anilines is 1. The molecule has 1 aliphatic carbocycles. The van der Waals surface area contributed by atoms with Crippen LogP contribution in [-0.4, -0.2) is 60.3 Å². The van der Waals surface area contributed by atoms with Crippen molar-refractivity contribution in [2.45, 2.75) is 58.7 Å². The summed E-state index contributed by atoms with van der Waals surface area (Å²) in [5.74, 6) is 3.32. The van der Waals surface area contributed by atoms with E-state index in [0.29, 0.717) is 29.3 Å². The second kappa shape index (κ2) is 13.6. The van der Waals surface area contributed by atoms with Crippen LogP contribution in [0.4, 0.5) is 18.9 Å². The topological polar surface area (TPSA) is 138 Å². The quantitative estimate of drug-likeness (QED) is 0.291. The van der Waals surface area contributed by atoms with Gasteiger partial charge in [0.15, 0.2) is 0 Å². The Balaban J connectivity index is 0.000000616. The van der Waals surface area contributed by atoms with Crippen LogP contribution >= 0.6 is 0 Å². The monoisotopic (exact) mass is 588 g/mol. The van der Waals surface area contributed by atoms with Gasteiger partial charge in [0, 0.05) is 29.5 Å². The average molecular weight is 589 g/mol. The number of hydrogen-bond donors (Lipinski definition) is 4. The molecule has 1 aliphatic heterocycles. The van der Waals surface area contributed by atoms with Crippen LogP contribution in [0.25, 0.3) is 11.6 Å². The minimum atomic E-state index is -5.08. The molecule has 4 rings (SSSR count). The summed E-state index contributed by atoms with van der Waals surface area (Å²) in [7, 11) is 1.53. The number of aliphatic carboxylic acids is 1. The number of aromatic amines is 1. The zero-order chi connectivity index (χ0) is 31.2. The van der Waals surface area contributed by atoms with E-state index in [2.05, 4.69) is 28.2 Å². The second-order valence-electron chi connectivity index (χ2n) is 10.3. The lowest BCUT2D eigenvalue weighted by Crippen LogP contribution is -2.36. The van der Waals surface area contributed by atoms with Crippen LogP contribution in [0.2, 0.25) is 0 Å². The highest BCUT2D eigenvalue weighted by atomic mass is 19.4. The predicted molar refractivity (Wildman–Crippen MR) is 153 cm³/mol. The number of aromatic nitrogens is 1. The minimum absolute atomic E-state index is 0.0574. The fourth-order valence-electron chi connectivity index (χ4n) is 5.03. The summed E-state index contributed by atoms with van der Waals surface area (Å²) in [6.45, 7) is 6.60. The summed E-state index contributed by atoms with van der Waals surface area (Å²) in [6.07, 6.45) is 0.757. The Hall–Kier alpha value is -4.24. The van der Waals surface area contributed by atoms with E-state index in [1.807, 2.05) is 24.8 Å². The Morgan fingerprint density at radius 3 is 2.38 bits per heavy atom. The van der Waals surface area contributed by atoms with E-state index in [1.165, 1.54) is 7.11 Å². The SMILES string of the molecule is CC#CCNC(=O)c1cc2c(cc1OC)/C(=C/c1[nH]c(C)cc1C)C(=O)N2CC1CCC(N)CC1.O=C(O)C(F)(F)F. The molecule has 42 heavy (non-hydrogen) atoms. The molecule has 2 aromatic rings. The van der Waals surface area contributed by atoms with Gasteiger partial charge in [-0.05, 0) is 82.2 Å². The van der Waals surface area contributed by atoms with Gasteiger partial charge in [-0.25, -0.2) is 4.79 Å². The fourth-order valence-corrected chi connectivity index (χ4v) is 5.03. The Kier molecular flexibility index (Phi) is 10.5. The molecule has 1 aromatic heterocycles. The van der Waals surface area contributed by atoms with Crippen molar-refractivity contribution < 1.29 is 37.4 Å². The highest BCUT2D eigenvalue weighted by Crippen LogP contribution is 2.43. The van der Waals surface area contributed by atoms with Crippen LogP contribution in [0.1, 0.15) is 65.5 Å². The van der Waals surface area contributed by atoms with E-state index in [-0.39, 0.29) is 24.4 Å². The number of nitrogens with two attached hydrogens (primary N) is 1. The number of benzene rings is 1. The number of alkyl halides is 3. The molecule has 0 atom stereocenters. The van der Waals surface area contributed by atoms with Gasteiger partial charge < -0.3 is 30.8 Å². The molecule has 5 N–H and O–H groups in total. The van der Waals surface area contributed by atoms with Crippen LogP contribution in [-0.2, 0) is 9.59 Å². The predicted octanol–water partition coefficient (Wildman–Crippen LogP) is 4.43. The molecule has 12 heteroatoms. The third-order valence-electron chi connectivity index (χ3n) is 7.19. The van der Waals surface area contributed by atoms with Gasteiger partial charge >= 0.3 is 12.1 Å². The zero-order valence-corrected chi connectivity index (χ0v) is 23.9. The molecule has 0 spiro atoms. The minimum Gasteiger partial charge on any atom is -0.496 e. The van der Waals surface area contributed by atoms with Crippen molar-refractivity contribution in [3.05, 3.63) is 46.3 Å². The summed E-state index contributed by atoms with van der Waals surface area (Å²) >= 11 is 0. The highest BCUT2D eigenvalue weighted by molar-refractivity contribution is 6.36. The average Bonchev–Trinajstić information content (AvgIpc) is 3.38. The number of aryl methyl sites for hydroxylation is 2. The number of fused-ring (bicyclic) bond motifs is 1. The molecule has 2 heterocycles. The number of methoxy groups -OCH3 is 1. The van der Waals surface area contributed by atoms with Gasteiger partial charge in [-0.1, -0.05) is 5.92 Å². The Labute approximate surface area is 242 Å². The van der Waals surface area contributed by atoms with Crippen molar-refractivity contribution in [2.75, 3.05) is 25.1 Å². The third kappa shape index (κ3) is 7.73. The third-order valence-corrected chi connectivity index (χ3v) is 7.19. The zero-order valence-electron chi connectivity index (χ0n) is 23.9. The molecular weight excluding hydrogens is 553 g/mol. The van der Waals surface area contributed by atoms with Crippen molar-refractivity contribution in [2.24, 2.45) is 11.7 Å². The van der Waals surface area contributed by atoms with E-state index in [0.717, 1.165) is 53.9 Å². The molecule has 0 saturated heterocycles. The molecule has 2 amide bonds. The van der Waals surface area contributed by atoms with Gasteiger partial charge in [0.2, 0.25) is 0 Å². The standard InChI is InChI=1S/C28H34N4O3.C2HF3O2/c1-5-6-11-30-27(33)23-14-25-21(15-26(23)35-4)22(13-24-17(2)12-18(3)31-24)28(34)32(25)16-19-7-9-20(29)10-8-19;3-2(4,5)1(6)7/h12-15,19-20,31H,7-11,16,29H2,1-4H3,(H,30,33);(H,6,7)/b22-13-;. The van der Waals surface area contributed by atoms with Crippen molar-refractivity contribution in [1.82, 2.24) is 10.3 Å². The molecule has 0 radical (unpaired) electrons. The Morgan fingerprint density at radius 2 is 1.86 bits per heavy atom. The number of carboxylic acids is 1. The number of H-pyrrole nitrogens is 1. The summed E-state index contributed by atoms with van der Waals surface area (Å²) in [6, 6.07) is 5.89. The number of nitrogens with zero attached hydrogens (tertiary/aromatic N) is 1. The van der Waals surface area contributed by atoms with Crippen LogP contribution < -0.4 is 20.7 Å². The molecule has 226 valence electrons. The number of hydrogen-bond acceptors (Lipinski definition) is 5. The number of halogens is 3. The number of amides is 2. The second-order valence-corrected chi connectivity index (χ2v) is 10.3. The lowest BCUT2D eigenvalue weighted by molar-refractivity contribution is -0.192. The smallest absolute Gasteiger partial charge is 0.490 e. The number of ether oxygens (including phenoxy) is 1. The summed E-state index contributed by atoms with van der Waals surface area (Å²) in [5, 5.41) is 9.93. The number of carbonyl (C=O) groups excluding carboxylic acids is 2. The highest BCUT2D eigenvalue weighted by Gasteiger charge is 2.38. The first-order valence-corrected chi connectivity index (χ1v) is 13.4. The van der Waals surface area contributed by atoms with Gasteiger partial charge in [0.05, 0.1) is 30.5 Å². The van der Waals surface area contributed by atoms with E-state index in [4.69, 9.17) is 20.4 Å². The van der Waals surface area contributed by atoms with E-state index < -0.39 is 12.1 Å². The molecule has 1 saturated carbocycles. The summed E-state index contributed by atoms with van der Waals surface area (Å²) in [5.41, 5.74) is 11.6. The number of carboxylic acid groups (broad SMARTS) is 1. The Morgan fingerprint density at radius 1 is 1.21 bits per heavy atom. The molecular formula is C30H35F3N4O5. The fraction of sp³-hybridized carbons (Fsp3) is 0.433. The van der Waals surface area contributed by atoms with Gasteiger partial charge in [-0.15, -0.1) is 5.92 Å². The van der Waals surface area contributed by atoms with Crippen molar-refractivity contribution in [1.29, 1.82) is 0 Å². The first-order chi connectivity index (χ1) is 19.8. The van der Waals surface area contributed by atoms with Gasteiger partial charge in [0.25, 0.3) is 11.8 Å². The maximum atomic E-state index is 13.8. The van der Waals surface area contributed by atoms with Crippen LogP contribution in [0.3, 0.4) is 0 Å². The first-order valence-electron chi connectivity index (χ1n) is 13.4. The molecule has 0 unspecified atom stereocenters. The lowest BCUT2D eigenvalue weighted by Gasteiger charge is -2.30. The number of carbonyl (C=O) groups is 3. The lowest BCUT2D eigenvalue weighted by atomic mass is 9.86. The van der Waals surface area contributed by atoms with Crippen molar-refractivity contribution in [3.8, 4) is 17.6 Å². The maximum absolute atomic E-state index is 13.8. The van der Waals surface area contributed by atoms with E-state index in [9.17, 15) is 22.8 Å². The van der Waals surface area contributed by atoms with Crippen molar-refractivity contribution >= 4 is 35.1 Å². The van der Waals surface area contributed by atoms with Gasteiger partial charge in [0.1, 0.15) is 5.75 Å². The van der Waals surface area contributed by atoms with Gasteiger partial charge in [-0.3, -0.25) is 9.59 Å². The number of rotatable bonds is 6. The first kappa shape index (κ1) is 32.3. The number of nitrogens with one attached hydrogen (secondary N) is 2. The normalized spacial score (nSPS) is 18.9. The molecule has 9 nitrogen and oxygen atoms in total. The Bertz CT molecular complexity index is 1430. The van der Waals surface area contributed by atoms with Crippen molar-refractivity contribution in [3.63, 3.8) is 0 Å². The van der Waals surface area contributed by atoms with Crippen LogP contribution in [0.5, 0.6) is 5.75 Å². The van der Waals surface area contributed by atoms with E-state index >= 15 is 0 Å². The largest absolute Gasteiger partial charge is 0.496 e. The van der Waals surface area contributed by atoms with Crippen LogP contribution in [0, 0.1) is 31.6 Å². The molecule has 0 bridgehead atoms. The molecule has 1 fully saturated rings. The molecule has 1 aromatic carbocycles. The molecule has 2 aliphatic rings. The van der Waals surface area contributed by atoms with Crippen LogP contribution in [0.15, 0.2) is 18.2 Å².